The van der Waals surface area contributed by atoms with Crippen molar-refractivity contribution < 1.29 is 14.6 Å². The van der Waals surface area contributed by atoms with Gasteiger partial charge in [-0.2, -0.15) is 0 Å². The zero-order chi connectivity index (χ0) is 12.3. The molecule has 1 aromatic heterocycles. The highest BCUT2D eigenvalue weighted by atomic mass is 79.9. The average Bonchev–Trinajstić information content (AvgIpc) is 2.32. The van der Waals surface area contributed by atoms with Gasteiger partial charge in [-0.1, -0.05) is 18.2 Å². The molecule has 1 aromatic carbocycles. The van der Waals surface area contributed by atoms with E-state index in [1.54, 1.807) is 24.3 Å². The van der Waals surface area contributed by atoms with Gasteiger partial charge in [-0.3, -0.25) is 0 Å². The summed E-state index contributed by atoms with van der Waals surface area (Å²) in [5.41, 5.74) is 0.0169. The minimum Gasteiger partial charge on any atom is -0.477 e. The van der Waals surface area contributed by atoms with Gasteiger partial charge in [-0.25, -0.2) is 9.78 Å². The van der Waals surface area contributed by atoms with Crippen molar-refractivity contribution in [1.82, 2.24) is 4.98 Å². The Morgan fingerprint density at radius 1 is 1.29 bits per heavy atom. The van der Waals surface area contributed by atoms with Crippen LogP contribution in [0.5, 0.6) is 11.6 Å². The molecule has 0 unspecified atom stereocenters. The molecule has 0 radical (unpaired) electrons. The Bertz CT molecular complexity index is 543. The molecule has 2 rings (SSSR count). The normalized spacial score (nSPS) is 9.94. The van der Waals surface area contributed by atoms with E-state index in [0.29, 0.717) is 10.2 Å². The van der Waals surface area contributed by atoms with Crippen LogP contribution in [0.2, 0.25) is 0 Å². The summed E-state index contributed by atoms with van der Waals surface area (Å²) in [6.45, 7) is 0. The van der Waals surface area contributed by atoms with Crippen LogP contribution in [-0.2, 0) is 0 Å². The van der Waals surface area contributed by atoms with Gasteiger partial charge in [-0.05, 0) is 34.1 Å². The third-order valence-electron chi connectivity index (χ3n) is 2.01. The zero-order valence-corrected chi connectivity index (χ0v) is 10.2. The number of benzene rings is 1. The number of aromatic carboxylic acids is 1. The molecule has 0 spiro atoms. The predicted octanol–water partition coefficient (Wildman–Crippen LogP) is 3.33. The molecule has 0 aliphatic carbocycles. The summed E-state index contributed by atoms with van der Waals surface area (Å²) in [4.78, 5) is 15.0. The van der Waals surface area contributed by atoms with Gasteiger partial charge in [0.1, 0.15) is 11.3 Å². The molecule has 86 valence electrons. The Hall–Kier alpha value is -1.88. The second-order valence-electron chi connectivity index (χ2n) is 3.23. The van der Waals surface area contributed by atoms with E-state index in [9.17, 15) is 4.79 Å². The number of pyridine rings is 1. The largest absolute Gasteiger partial charge is 0.477 e. The lowest BCUT2D eigenvalue weighted by Gasteiger charge is -2.07. The van der Waals surface area contributed by atoms with Gasteiger partial charge in [-0.15, -0.1) is 0 Å². The minimum absolute atomic E-state index is 0.0169. The highest BCUT2D eigenvalue weighted by Crippen LogP contribution is 2.25. The third-order valence-corrected chi connectivity index (χ3v) is 2.44. The lowest BCUT2D eigenvalue weighted by Crippen LogP contribution is -2.01. The van der Waals surface area contributed by atoms with Crippen molar-refractivity contribution in [3.63, 3.8) is 0 Å². The quantitative estimate of drug-likeness (QED) is 0.943. The number of halogens is 1. The predicted molar refractivity (Wildman–Crippen MR) is 65.4 cm³/mol. The van der Waals surface area contributed by atoms with E-state index in [-0.39, 0.29) is 11.4 Å². The molecule has 2 aromatic rings. The van der Waals surface area contributed by atoms with Crippen molar-refractivity contribution in [3.8, 4) is 11.6 Å². The molecule has 0 atom stereocenters. The molecule has 0 aliphatic heterocycles. The SMILES string of the molecule is O=C(O)c1cc(Br)cnc1Oc1ccccc1. The Morgan fingerprint density at radius 2 is 2.00 bits per heavy atom. The smallest absolute Gasteiger partial charge is 0.341 e. The van der Waals surface area contributed by atoms with Crippen molar-refractivity contribution >= 4 is 21.9 Å². The van der Waals surface area contributed by atoms with E-state index in [1.165, 1.54) is 12.3 Å². The fourth-order valence-electron chi connectivity index (χ4n) is 1.26. The standard InChI is InChI=1S/C12H8BrNO3/c13-8-6-10(12(15)16)11(14-7-8)17-9-4-2-1-3-5-9/h1-7H,(H,15,16). The first-order valence-corrected chi connectivity index (χ1v) is 5.58. The van der Waals surface area contributed by atoms with Crippen molar-refractivity contribution in [3.05, 3.63) is 52.6 Å². The highest BCUT2D eigenvalue weighted by molar-refractivity contribution is 9.10. The molecule has 0 fully saturated rings. The van der Waals surface area contributed by atoms with Gasteiger partial charge in [0.25, 0.3) is 0 Å². The van der Waals surface area contributed by atoms with E-state index in [4.69, 9.17) is 9.84 Å². The lowest BCUT2D eigenvalue weighted by molar-refractivity contribution is 0.0693. The van der Waals surface area contributed by atoms with Crippen LogP contribution in [0, 0.1) is 0 Å². The number of rotatable bonds is 3. The number of carboxylic acid groups (broad SMARTS) is 1. The fraction of sp³-hybridized carbons (Fsp3) is 0. The molecule has 0 saturated carbocycles. The summed E-state index contributed by atoms with van der Waals surface area (Å²) in [6.07, 6.45) is 1.49. The van der Waals surface area contributed by atoms with Crippen LogP contribution in [-0.4, -0.2) is 16.1 Å². The van der Waals surface area contributed by atoms with Crippen molar-refractivity contribution in [2.45, 2.75) is 0 Å². The summed E-state index contributed by atoms with van der Waals surface area (Å²) in [7, 11) is 0. The lowest BCUT2D eigenvalue weighted by atomic mass is 10.3. The van der Waals surface area contributed by atoms with Gasteiger partial charge < -0.3 is 9.84 Å². The van der Waals surface area contributed by atoms with Crippen LogP contribution in [0.3, 0.4) is 0 Å². The molecule has 4 nitrogen and oxygen atoms in total. The molecular formula is C12H8BrNO3. The topological polar surface area (TPSA) is 59.4 Å². The summed E-state index contributed by atoms with van der Waals surface area (Å²) in [5, 5.41) is 9.03. The Kier molecular flexibility index (Phi) is 3.39. The third kappa shape index (κ3) is 2.82. The summed E-state index contributed by atoms with van der Waals surface area (Å²) in [5.74, 6) is -0.457. The summed E-state index contributed by atoms with van der Waals surface area (Å²) in [6, 6.07) is 10.4. The minimum atomic E-state index is -1.08. The van der Waals surface area contributed by atoms with Crippen LogP contribution in [0.4, 0.5) is 0 Å². The number of ether oxygens (including phenoxy) is 1. The maximum absolute atomic E-state index is 11.0. The van der Waals surface area contributed by atoms with Crippen LogP contribution in [0.15, 0.2) is 47.1 Å². The Balaban J connectivity index is 2.36. The van der Waals surface area contributed by atoms with Gasteiger partial charge >= 0.3 is 5.97 Å². The fourth-order valence-corrected chi connectivity index (χ4v) is 1.59. The van der Waals surface area contributed by atoms with Crippen molar-refractivity contribution in [2.75, 3.05) is 0 Å². The van der Waals surface area contributed by atoms with E-state index in [1.807, 2.05) is 6.07 Å². The number of hydrogen-bond acceptors (Lipinski definition) is 3. The number of para-hydroxylation sites is 1. The van der Waals surface area contributed by atoms with Gasteiger partial charge in [0, 0.05) is 10.7 Å². The molecule has 1 heterocycles. The van der Waals surface area contributed by atoms with Crippen LogP contribution >= 0.6 is 15.9 Å². The maximum atomic E-state index is 11.0. The molecule has 0 amide bonds. The van der Waals surface area contributed by atoms with Crippen molar-refractivity contribution in [2.24, 2.45) is 0 Å². The van der Waals surface area contributed by atoms with E-state index >= 15 is 0 Å². The zero-order valence-electron chi connectivity index (χ0n) is 8.63. The molecule has 1 N–H and O–H groups in total. The Labute approximate surface area is 106 Å². The Morgan fingerprint density at radius 3 is 2.65 bits per heavy atom. The molecule has 0 aliphatic rings. The monoisotopic (exact) mass is 293 g/mol. The number of nitrogens with zero attached hydrogens (tertiary/aromatic N) is 1. The molecule has 0 bridgehead atoms. The van der Waals surface area contributed by atoms with Crippen LogP contribution in [0.25, 0.3) is 0 Å². The second-order valence-corrected chi connectivity index (χ2v) is 4.14. The van der Waals surface area contributed by atoms with Gasteiger partial charge in [0.2, 0.25) is 5.88 Å². The van der Waals surface area contributed by atoms with E-state index < -0.39 is 5.97 Å². The summed E-state index contributed by atoms with van der Waals surface area (Å²) < 4.78 is 6.01. The van der Waals surface area contributed by atoms with E-state index in [0.717, 1.165) is 0 Å². The number of carboxylic acids is 1. The average molecular weight is 294 g/mol. The second kappa shape index (κ2) is 4.97. The number of carbonyl (C=O) groups is 1. The maximum Gasteiger partial charge on any atom is 0.341 e. The summed E-state index contributed by atoms with van der Waals surface area (Å²) >= 11 is 3.17. The van der Waals surface area contributed by atoms with Crippen LogP contribution < -0.4 is 4.74 Å². The van der Waals surface area contributed by atoms with Crippen LogP contribution in [0.1, 0.15) is 10.4 Å². The highest BCUT2D eigenvalue weighted by Gasteiger charge is 2.14. The molecular weight excluding hydrogens is 286 g/mol. The number of aromatic nitrogens is 1. The molecule has 17 heavy (non-hydrogen) atoms. The van der Waals surface area contributed by atoms with Gasteiger partial charge in [0.15, 0.2) is 0 Å². The van der Waals surface area contributed by atoms with Crippen molar-refractivity contribution in [1.29, 1.82) is 0 Å². The molecule has 5 heteroatoms. The first-order chi connectivity index (χ1) is 8.16. The number of hydrogen-bond donors (Lipinski definition) is 1. The first-order valence-electron chi connectivity index (χ1n) is 4.78. The van der Waals surface area contributed by atoms with Gasteiger partial charge in [0.05, 0.1) is 0 Å². The molecule has 0 saturated heterocycles. The first kappa shape index (κ1) is 11.6. The van der Waals surface area contributed by atoms with E-state index in [2.05, 4.69) is 20.9 Å².